The molecule has 2 aliphatic rings. The first-order valence-corrected chi connectivity index (χ1v) is 8.01. The number of nitrogens with one attached hydrogen (secondary N) is 2. The van der Waals surface area contributed by atoms with E-state index in [-0.39, 0.29) is 12.0 Å². The van der Waals surface area contributed by atoms with Crippen LogP contribution in [0.25, 0.3) is 0 Å². The van der Waals surface area contributed by atoms with E-state index in [1.807, 2.05) is 11.8 Å². The van der Waals surface area contributed by atoms with Crippen LogP contribution in [-0.2, 0) is 4.79 Å². The molecule has 0 aromatic carbocycles. The van der Waals surface area contributed by atoms with Crippen molar-refractivity contribution in [2.75, 3.05) is 26.2 Å². The molecule has 2 N–H and O–H groups in total. The average molecular weight is 290 g/mol. The molecule has 1 amide bonds. The molecule has 1 saturated heterocycles. The molecule has 1 atom stereocenters. The maximum atomic E-state index is 12.4. The number of hydrogen-bond donors (Lipinski definition) is 2. The zero-order valence-corrected chi connectivity index (χ0v) is 12.9. The lowest BCUT2D eigenvalue weighted by atomic mass is 10.1. The Bertz CT molecular complexity index is 420. The predicted molar refractivity (Wildman–Crippen MR) is 84.9 cm³/mol. The quantitative estimate of drug-likeness (QED) is 0.461. The number of amides is 1. The summed E-state index contributed by atoms with van der Waals surface area (Å²) in [6.45, 7) is 4.82. The van der Waals surface area contributed by atoms with Crippen LogP contribution in [-0.4, -0.2) is 49.0 Å². The molecule has 0 radical (unpaired) electrons. The lowest BCUT2D eigenvalue weighted by molar-refractivity contribution is -0.134. The Morgan fingerprint density at radius 3 is 2.81 bits per heavy atom. The number of hydrogen-bond acceptors (Lipinski definition) is 2. The van der Waals surface area contributed by atoms with Crippen LogP contribution >= 0.6 is 0 Å². The van der Waals surface area contributed by atoms with Crippen LogP contribution in [0.2, 0.25) is 0 Å². The van der Waals surface area contributed by atoms with E-state index < -0.39 is 0 Å². The second-order valence-electron chi connectivity index (χ2n) is 5.79. The fourth-order valence-corrected chi connectivity index (χ4v) is 3.15. The molecule has 2 fully saturated rings. The van der Waals surface area contributed by atoms with Gasteiger partial charge in [0.05, 0.1) is 0 Å². The van der Waals surface area contributed by atoms with Crippen molar-refractivity contribution >= 4 is 11.9 Å². The number of carbonyl (C=O) groups is 1. The van der Waals surface area contributed by atoms with Crippen LogP contribution in [0.4, 0.5) is 0 Å². The third-order valence-electron chi connectivity index (χ3n) is 4.22. The summed E-state index contributed by atoms with van der Waals surface area (Å²) in [4.78, 5) is 18.7. The minimum absolute atomic E-state index is 0.269. The number of terminal acetylenes is 1. The molecule has 1 heterocycles. The number of rotatable bonds is 4. The Labute approximate surface area is 127 Å². The van der Waals surface area contributed by atoms with E-state index in [4.69, 9.17) is 6.42 Å². The summed E-state index contributed by atoms with van der Waals surface area (Å²) in [6.07, 6.45) is 10.8. The summed E-state index contributed by atoms with van der Waals surface area (Å²) in [5.41, 5.74) is 0. The summed E-state index contributed by atoms with van der Waals surface area (Å²) >= 11 is 0. The highest BCUT2D eigenvalue weighted by Gasteiger charge is 2.32. The molecule has 1 aliphatic carbocycles. The van der Waals surface area contributed by atoms with Gasteiger partial charge < -0.3 is 15.5 Å². The van der Waals surface area contributed by atoms with Gasteiger partial charge in [0.25, 0.3) is 0 Å². The second kappa shape index (κ2) is 7.92. The molecule has 1 aliphatic heterocycles. The fraction of sp³-hybridized carbons (Fsp3) is 0.750. The SMILES string of the molecule is C#CCN=C(NCC)NC1CCN(C(=O)C2CCCC2)C1. The Morgan fingerprint density at radius 1 is 1.38 bits per heavy atom. The van der Waals surface area contributed by atoms with Crippen molar-refractivity contribution in [3.8, 4) is 12.3 Å². The zero-order valence-electron chi connectivity index (χ0n) is 12.9. The van der Waals surface area contributed by atoms with Gasteiger partial charge in [-0.25, -0.2) is 4.99 Å². The van der Waals surface area contributed by atoms with Crippen LogP contribution in [0, 0.1) is 18.3 Å². The third kappa shape index (κ3) is 4.38. The molecular weight excluding hydrogens is 264 g/mol. The highest BCUT2D eigenvalue weighted by atomic mass is 16.2. The van der Waals surface area contributed by atoms with E-state index >= 15 is 0 Å². The van der Waals surface area contributed by atoms with Gasteiger partial charge >= 0.3 is 0 Å². The molecule has 1 saturated carbocycles. The maximum Gasteiger partial charge on any atom is 0.225 e. The first-order valence-electron chi connectivity index (χ1n) is 8.01. The number of likely N-dealkylation sites (tertiary alicyclic amines) is 1. The smallest absolute Gasteiger partial charge is 0.225 e. The average Bonchev–Trinajstić information content (AvgIpc) is 3.15. The summed E-state index contributed by atoms with van der Waals surface area (Å²) in [7, 11) is 0. The first kappa shape index (κ1) is 15.7. The molecule has 1 unspecified atom stereocenters. The van der Waals surface area contributed by atoms with Gasteiger partial charge in [-0.2, -0.15) is 0 Å². The van der Waals surface area contributed by atoms with Crippen molar-refractivity contribution in [1.29, 1.82) is 0 Å². The van der Waals surface area contributed by atoms with Crippen molar-refractivity contribution in [1.82, 2.24) is 15.5 Å². The number of nitrogens with zero attached hydrogens (tertiary/aromatic N) is 2. The highest BCUT2D eigenvalue weighted by molar-refractivity contribution is 5.81. The Kier molecular flexibility index (Phi) is 5.91. The molecule has 0 aromatic heterocycles. The van der Waals surface area contributed by atoms with Gasteiger partial charge in [0.1, 0.15) is 6.54 Å². The van der Waals surface area contributed by atoms with E-state index in [2.05, 4.69) is 21.5 Å². The standard InChI is InChI=1S/C16H26N4O/c1-3-10-18-16(17-4-2)19-14-9-11-20(12-14)15(21)13-7-5-6-8-13/h1,13-14H,4-12H2,2H3,(H2,17,18,19). The minimum Gasteiger partial charge on any atom is -0.357 e. The Balaban J connectivity index is 1.83. The minimum atomic E-state index is 0.269. The van der Waals surface area contributed by atoms with Gasteiger partial charge in [-0.3, -0.25) is 4.79 Å². The van der Waals surface area contributed by atoms with E-state index in [0.717, 1.165) is 44.9 Å². The Morgan fingerprint density at radius 2 is 2.14 bits per heavy atom. The largest absolute Gasteiger partial charge is 0.357 e. The molecular formula is C16H26N4O. The van der Waals surface area contributed by atoms with Crippen molar-refractivity contribution < 1.29 is 4.79 Å². The van der Waals surface area contributed by atoms with Crippen LogP contribution in [0.5, 0.6) is 0 Å². The van der Waals surface area contributed by atoms with Gasteiger partial charge in [-0.1, -0.05) is 18.8 Å². The summed E-state index contributed by atoms with van der Waals surface area (Å²) in [6, 6.07) is 0.269. The molecule has 2 rings (SSSR count). The summed E-state index contributed by atoms with van der Waals surface area (Å²) in [5, 5.41) is 6.56. The van der Waals surface area contributed by atoms with Crippen molar-refractivity contribution in [2.45, 2.75) is 45.1 Å². The maximum absolute atomic E-state index is 12.4. The summed E-state index contributed by atoms with van der Waals surface area (Å²) in [5.74, 6) is 3.88. The normalized spacial score (nSPS) is 23.1. The van der Waals surface area contributed by atoms with E-state index in [9.17, 15) is 4.79 Å². The number of carbonyl (C=O) groups excluding carboxylic acids is 1. The molecule has 0 aromatic rings. The summed E-state index contributed by atoms with van der Waals surface area (Å²) < 4.78 is 0. The predicted octanol–water partition coefficient (Wildman–Crippen LogP) is 0.966. The number of guanidine groups is 1. The highest BCUT2D eigenvalue weighted by Crippen LogP contribution is 2.27. The zero-order chi connectivity index (χ0) is 15.1. The topological polar surface area (TPSA) is 56.7 Å². The molecule has 0 spiro atoms. The molecule has 116 valence electrons. The lowest BCUT2D eigenvalue weighted by Gasteiger charge is -2.21. The first-order chi connectivity index (χ1) is 10.2. The van der Waals surface area contributed by atoms with Gasteiger partial charge in [0, 0.05) is 31.6 Å². The van der Waals surface area contributed by atoms with Crippen LogP contribution in [0.3, 0.4) is 0 Å². The molecule has 5 heteroatoms. The van der Waals surface area contributed by atoms with Crippen LogP contribution in [0.1, 0.15) is 39.0 Å². The molecule has 5 nitrogen and oxygen atoms in total. The van der Waals surface area contributed by atoms with Crippen molar-refractivity contribution in [2.24, 2.45) is 10.9 Å². The van der Waals surface area contributed by atoms with Crippen LogP contribution < -0.4 is 10.6 Å². The lowest BCUT2D eigenvalue weighted by Crippen LogP contribution is -2.45. The number of aliphatic imine (C=N–C) groups is 1. The van der Waals surface area contributed by atoms with E-state index in [0.29, 0.717) is 12.5 Å². The van der Waals surface area contributed by atoms with Crippen LogP contribution in [0.15, 0.2) is 4.99 Å². The monoisotopic (exact) mass is 290 g/mol. The van der Waals surface area contributed by atoms with E-state index in [1.54, 1.807) is 0 Å². The van der Waals surface area contributed by atoms with Gasteiger partial charge in [-0.15, -0.1) is 6.42 Å². The van der Waals surface area contributed by atoms with E-state index in [1.165, 1.54) is 12.8 Å². The fourth-order valence-electron chi connectivity index (χ4n) is 3.15. The van der Waals surface area contributed by atoms with Gasteiger partial charge in [0.2, 0.25) is 5.91 Å². The van der Waals surface area contributed by atoms with Crippen molar-refractivity contribution in [3.05, 3.63) is 0 Å². The molecule has 0 bridgehead atoms. The van der Waals surface area contributed by atoms with Gasteiger partial charge in [0.15, 0.2) is 5.96 Å². The van der Waals surface area contributed by atoms with Crippen molar-refractivity contribution in [3.63, 3.8) is 0 Å². The second-order valence-corrected chi connectivity index (χ2v) is 5.79. The third-order valence-corrected chi connectivity index (χ3v) is 4.22. The Hall–Kier alpha value is -1.70. The molecule has 21 heavy (non-hydrogen) atoms. The van der Waals surface area contributed by atoms with Gasteiger partial charge in [-0.05, 0) is 26.2 Å².